The van der Waals surface area contributed by atoms with E-state index < -0.39 is 0 Å². The van der Waals surface area contributed by atoms with Gasteiger partial charge in [-0.25, -0.2) is 9.98 Å². The van der Waals surface area contributed by atoms with Crippen LogP contribution in [0.1, 0.15) is 45.8 Å². The quantitative estimate of drug-likeness (QED) is 0.458. The molecule has 0 unspecified atom stereocenters. The average Bonchev–Trinajstić information content (AvgIpc) is 2.89. The molecule has 0 aliphatic heterocycles. The van der Waals surface area contributed by atoms with Crippen LogP contribution in [-0.4, -0.2) is 37.7 Å². The van der Waals surface area contributed by atoms with E-state index in [9.17, 15) is 0 Å². The van der Waals surface area contributed by atoms with Gasteiger partial charge in [-0.1, -0.05) is 20.8 Å². The van der Waals surface area contributed by atoms with Crippen LogP contribution < -0.4 is 10.6 Å². The fourth-order valence-electron chi connectivity index (χ4n) is 1.64. The molecule has 21 heavy (non-hydrogen) atoms. The molecular formula is C15H28N4O2. The lowest BCUT2D eigenvalue weighted by Crippen LogP contribution is -2.38. The Kier molecular flexibility index (Phi) is 7.22. The molecule has 2 N–H and O–H groups in total. The zero-order valence-corrected chi connectivity index (χ0v) is 13.8. The van der Waals surface area contributed by atoms with Gasteiger partial charge < -0.3 is 19.8 Å². The summed E-state index contributed by atoms with van der Waals surface area (Å²) in [6.45, 7) is 11.1. The summed E-state index contributed by atoms with van der Waals surface area (Å²) in [5.74, 6) is 2.28. The van der Waals surface area contributed by atoms with Gasteiger partial charge >= 0.3 is 0 Å². The average molecular weight is 296 g/mol. The summed E-state index contributed by atoms with van der Waals surface area (Å²) in [7, 11) is 1.70. The largest absolute Gasteiger partial charge is 0.443 e. The number of methoxy groups -OCH3 is 1. The predicted octanol–water partition coefficient (Wildman–Crippen LogP) is 2.06. The normalized spacial score (nSPS) is 12.5. The number of rotatable bonds is 7. The molecule has 6 heteroatoms. The first-order chi connectivity index (χ1) is 9.97. The second-order valence-electron chi connectivity index (χ2n) is 5.84. The van der Waals surface area contributed by atoms with Gasteiger partial charge in [0.25, 0.3) is 0 Å². The second-order valence-corrected chi connectivity index (χ2v) is 5.84. The molecule has 1 heterocycles. The number of guanidine groups is 1. The van der Waals surface area contributed by atoms with Crippen LogP contribution in [-0.2, 0) is 16.7 Å². The molecule has 1 aromatic heterocycles. The minimum Gasteiger partial charge on any atom is -0.443 e. The van der Waals surface area contributed by atoms with E-state index in [0.717, 1.165) is 37.8 Å². The molecular weight excluding hydrogens is 268 g/mol. The van der Waals surface area contributed by atoms with Crippen LogP contribution >= 0.6 is 0 Å². The summed E-state index contributed by atoms with van der Waals surface area (Å²) < 4.78 is 10.7. The van der Waals surface area contributed by atoms with E-state index in [0.29, 0.717) is 12.4 Å². The van der Waals surface area contributed by atoms with Crippen molar-refractivity contribution in [3.8, 4) is 0 Å². The van der Waals surface area contributed by atoms with Crippen LogP contribution in [0.5, 0.6) is 0 Å². The molecule has 0 aliphatic carbocycles. The monoisotopic (exact) mass is 296 g/mol. The Balaban J connectivity index is 2.54. The Labute approximate surface area is 127 Å². The molecule has 0 fully saturated rings. The van der Waals surface area contributed by atoms with Gasteiger partial charge in [0.15, 0.2) is 5.96 Å². The molecule has 0 saturated heterocycles. The summed E-state index contributed by atoms with van der Waals surface area (Å²) >= 11 is 0. The molecule has 0 radical (unpaired) electrons. The number of ether oxygens (including phenoxy) is 1. The predicted molar refractivity (Wildman–Crippen MR) is 84.5 cm³/mol. The lowest BCUT2D eigenvalue weighted by Gasteiger charge is -2.13. The van der Waals surface area contributed by atoms with Crippen molar-refractivity contribution in [1.82, 2.24) is 15.6 Å². The Hall–Kier alpha value is -1.56. The minimum atomic E-state index is -0.0299. The van der Waals surface area contributed by atoms with Crippen molar-refractivity contribution in [2.24, 2.45) is 4.99 Å². The third kappa shape index (κ3) is 6.62. The van der Waals surface area contributed by atoms with E-state index in [1.54, 1.807) is 13.3 Å². The minimum absolute atomic E-state index is 0.0299. The van der Waals surface area contributed by atoms with Gasteiger partial charge in [0.1, 0.15) is 12.3 Å². The first-order valence-electron chi connectivity index (χ1n) is 7.43. The Morgan fingerprint density at radius 2 is 2.14 bits per heavy atom. The maximum atomic E-state index is 5.73. The van der Waals surface area contributed by atoms with E-state index in [-0.39, 0.29) is 5.41 Å². The molecule has 0 amide bonds. The van der Waals surface area contributed by atoms with Crippen molar-refractivity contribution in [3.05, 3.63) is 17.8 Å². The van der Waals surface area contributed by atoms with Gasteiger partial charge in [-0.15, -0.1) is 0 Å². The van der Waals surface area contributed by atoms with E-state index in [2.05, 4.69) is 41.4 Å². The number of aromatic nitrogens is 1. The number of hydrogen-bond acceptors (Lipinski definition) is 4. The Morgan fingerprint density at radius 1 is 1.38 bits per heavy atom. The Morgan fingerprint density at radius 3 is 2.71 bits per heavy atom. The fraction of sp³-hybridized carbons (Fsp3) is 0.733. The topological polar surface area (TPSA) is 71.7 Å². The van der Waals surface area contributed by atoms with Crippen LogP contribution in [0.2, 0.25) is 0 Å². The van der Waals surface area contributed by atoms with Crippen molar-refractivity contribution >= 4 is 5.96 Å². The smallest absolute Gasteiger partial charge is 0.216 e. The molecule has 1 aromatic rings. The van der Waals surface area contributed by atoms with Crippen LogP contribution in [0.15, 0.2) is 15.6 Å². The van der Waals surface area contributed by atoms with Gasteiger partial charge in [0.2, 0.25) is 5.89 Å². The van der Waals surface area contributed by atoms with Gasteiger partial charge in [-0.05, 0) is 13.3 Å². The second kappa shape index (κ2) is 8.67. The van der Waals surface area contributed by atoms with Gasteiger partial charge in [0.05, 0.1) is 6.20 Å². The summed E-state index contributed by atoms with van der Waals surface area (Å²) in [5, 5.41) is 6.45. The maximum Gasteiger partial charge on any atom is 0.216 e. The van der Waals surface area contributed by atoms with Crippen LogP contribution in [0.3, 0.4) is 0 Å². The number of hydrogen-bond donors (Lipinski definition) is 2. The SMILES string of the molecule is CCNC(=NCc1ncc(C(C)(C)C)o1)NCCCOC. The highest BCUT2D eigenvalue weighted by atomic mass is 16.5. The molecule has 1 rings (SSSR count). The summed E-state index contributed by atoms with van der Waals surface area (Å²) in [6.07, 6.45) is 2.72. The number of nitrogens with one attached hydrogen (secondary N) is 2. The van der Waals surface area contributed by atoms with Crippen molar-refractivity contribution in [2.45, 2.75) is 46.1 Å². The molecule has 0 aromatic carbocycles. The first-order valence-corrected chi connectivity index (χ1v) is 7.43. The highest BCUT2D eigenvalue weighted by Gasteiger charge is 2.18. The molecule has 0 saturated carbocycles. The van der Waals surface area contributed by atoms with Crippen LogP contribution in [0.4, 0.5) is 0 Å². The van der Waals surface area contributed by atoms with Crippen molar-refractivity contribution in [3.63, 3.8) is 0 Å². The molecule has 120 valence electrons. The zero-order chi connectivity index (χ0) is 15.7. The van der Waals surface area contributed by atoms with Crippen molar-refractivity contribution in [1.29, 1.82) is 0 Å². The Bertz CT molecular complexity index is 435. The summed E-state index contributed by atoms with van der Waals surface area (Å²) in [4.78, 5) is 8.75. The maximum absolute atomic E-state index is 5.73. The van der Waals surface area contributed by atoms with E-state index in [1.165, 1.54) is 0 Å². The molecule has 0 aliphatic rings. The number of nitrogens with zero attached hydrogens (tertiary/aromatic N) is 2. The first kappa shape index (κ1) is 17.5. The number of aliphatic imine (C=N–C) groups is 1. The zero-order valence-electron chi connectivity index (χ0n) is 13.8. The molecule has 0 spiro atoms. The molecule has 6 nitrogen and oxygen atoms in total. The highest BCUT2D eigenvalue weighted by molar-refractivity contribution is 5.79. The van der Waals surface area contributed by atoms with Crippen molar-refractivity contribution in [2.75, 3.05) is 26.8 Å². The van der Waals surface area contributed by atoms with Crippen LogP contribution in [0.25, 0.3) is 0 Å². The van der Waals surface area contributed by atoms with Gasteiger partial charge in [-0.3, -0.25) is 0 Å². The lowest BCUT2D eigenvalue weighted by molar-refractivity contribution is 0.195. The number of oxazole rings is 1. The third-order valence-electron chi connectivity index (χ3n) is 2.83. The summed E-state index contributed by atoms with van der Waals surface area (Å²) in [5.41, 5.74) is -0.0299. The highest BCUT2D eigenvalue weighted by Crippen LogP contribution is 2.22. The van der Waals surface area contributed by atoms with Crippen molar-refractivity contribution < 1.29 is 9.15 Å². The van der Waals surface area contributed by atoms with Gasteiger partial charge in [-0.2, -0.15) is 0 Å². The lowest BCUT2D eigenvalue weighted by atomic mass is 9.94. The fourth-order valence-corrected chi connectivity index (χ4v) is 1.64. The van der Waals surface area contributed by atoms with Gasteiger partial charge in [0, 0.05) is 32.2 Å². The molecule has 0 atom stereocenters. The third-order valence-corrected chi connectivity index (χ3v) is 2.83. The van der Waals surface area contributed by atoms with E-state index in [4.69, 9.17) is 9.15 Å². The van der Waals surface area contributed by atoms with E-state index in [1.807, 2.05) is 6.92 Å². The standard InChI is InChI=1S/C15H28N4O2/c1-6-16-14(17-8-7-9-20-5)19-11-13-18-10-12(21-13)15(2,3)4/h10H,6-9,11H2,1-5H3,(H2,16,17,19). The summed E-state index contributed by atoms with van der Waals surface area (Å²) in [6, 6.07) is 0. The van der Waals surface area contributed by atoms with Crippen LogP contribution in [0, 0.1) is 0 Å². The molecule has 0 bridgehead atoms. The van der Waals surface area contributed by atoms with E-state index >= 15 is 0 Å².